The molecule has 1 aliphatic rings. The van der Waals surface area contributed by atoms with Crippen molar-refractivity contribution in [2.75, 3.05) is 6.54 Å². The van der Waals surface area contributed by atoms with Crippen LogP contribution in [0, 0.1) is 0 Å². The highest BCUT2D eigenvalue weighted by molar-refractivity contribution is 6.04. The molecular weight excluding hydrogens is 170 g/mol. The molecule has 74 valence electrons. The van der Waals surface area contributed by atoms with Crippen molar-refractivity contribution in [2.45, 2.75) is 32.4 Å². The van der Waals surface area contributed by atoms with E-state index in [1.807, 2.05) is 0 Å². The first-order chi connectivity index (χ1) is 5.81. The number of amides is 3. The molecule has 0 bridgehead atoms. The SMILES string of the molecule is CC1NC(=O)N(CC(C)(C)N)C1=O. The first-order valence-electron chi connectivity index (χ1n) is 4.22. The van der Waals surface area contributed by atoms with Gasteiger partial charge in [-0.3, -0.25) is 9.69 Å². The Morgan fingerprint density at radius 2 is 2.08 bits per heavy atom. The molecule has 1 atom stereocenters. The average Bonchev–Trinajstić information content (AvgIpc) is 2.14. The van der Waals surface area contributed by atoms with Gasteiger partial charge in [-0.1, -0.05) is 0 Å². The normalized spacial score (nSPS) is 23.7. The van der Waals surface area contributed by atoms with Gasteiger partial charge in [-0.05, 0) is 20.8 Å². The summed E-state index contributed by atoms with van der Waals surface area (Å²) in [6.07, 6.45) is 0. The molecule has 0 aromatic carbocycles. The van der Waals surface area contributed by atoms with Gasteiger partial charge in [-0.15, -0.1) is 0 Å². The molecule has 0 aromatic heterocycles. The fraction of sp³-hybridized carbons (Fsp3) is 0.750. The van der Waals surface area contributed by atoms with Gasteiger partial charge in [0.05, 0.1) is 0 Å². The third-order valence-electron chi connectivity index (χ3n) is 1.79. The van der Waals surface area contributed by atoms with E-state index in [1.54, 1.807) is 20.8 Å². The molecule has 0 aliphatic carbocycles. The fourth-order valence-corrected chi connectivity index (χ4v) is 1.22. The number of imide groups is 1. The maximum Gasteiger partial charge on any atom is 0.324 e. The number of rotatable bonds is 2. The summed E-state index contributed by atoms with van der Waals surface area (Å²) in [4.78, 5) is 23.7. The van der Waals surface area contributed by atoms with Crippen LogP contribution in [-0.4, -0.2) is 35.0 Å². The number of nitrogens with one attached hydrogen (secondary N) is 1. The summed E-state index contributed by atoms with van der Waals surface area (Å²) in [5.74, 6) is -0.205. The van der Waals surface area contributed by atoms with E-state index in [4.69, 9.17) is 5.73 Å². The number of nitrogens with two attached hydrogens (primary N) is 1. The van der Waals surface area contributed by atoms with Crippen molar-refractivity contribution in [2.24, 2.45) is 5.73 Å². The van der Waals surface area contributed by atoms with E-state index in [9.17, 15) is 9.59 Å². The lowest BCUT2D eigenvalue weighted by Crippen LogP contribution is -2.47. The molecule has 0 radical (unpaired) electrons. The quantitative estimate of drug-likeness (QED) is 0.578. The summed E-state index contributed by atoms with van der Waals surface area (Å²) in [5, 5.41) is 2.52. The highest BCUT2D eigenvalue weighted by Gasteiger charge is 2.37. The zero-order valence-corrected chi connectivity index (χ0v) is 8.13. The topological polar surface area (TPSA) is 75.4 Å². The van der Waals surface area contributed by atoms with Crippen molar-refractivity contribution in [3.8, 4) is 0 Å². The summed E-state index contributed by atoms with van der Waals surface area (Å²) in [6, 6.07) is -0.772. The number of nitrogens with zero attached hydrogens (tertiary/aromatic N) is 1. The predicted octanol–water partition coefficient (Wildman–Crippen LogP) is -0.336. The number of carbonyl (C=O) groups excluding carboxylic acids is 2. The minimum atomic E-state index is -0.545. The molecule has 3 amide bonds. The summed E-state index contributed by atoms with van der Waals surface area (Å²) >= 11 is 0. The van der Waals surface area contributed by atoms with Crippen LogP contribution < -0.4 is 11.1 Å². The average molecular weight is 185 g/mol. The second kappa shape index (κ2) is 2.99. The maximum absolute atomic E-state index is 11.4. The van der Waals surface area contributed by atoms with Gasteiger partial charge < -0.3 is 11.1 Å². The molecule has 1 heterocycles. The van der Waals surface area contributed by atoms with Gasteiger partial charge in [0.15, 0.2) is 0 Å². The smallest absolute Gasteiger partial charge is 0.324 e. The minimum absolute atomic E-state index is 0.205. The fourth-order valence-electron chi connectivity index (χ4n) is 1.22. The Bertz CT molecular complexity index is 244. The Labute approximate surface area is 77.3 Å². The van der Waals surface area contributed by atoms with E-state index in [0.717, 1.165) is 4.90 Å². The molecule has 0 aromatic rings. The predicted molar refractivity (Wildman–Crippen MR) is 48.0 cm³/mol. The highest BCUT2D eigenvalue weighted by Crippen LogP contribution is 2.09. The second-order valence-corrected chi connectivity index (χ2v) is 4.08. The Morgan fingerprint density at radius 3 is 2.38 bits per heavy atom. The first-order valence-corrected chi connectivity index (χ1v) is 4.22. The van der Waals surface area contributed by atoms with Crippen LogP contribution in [0.4, 0.5) is 4.79 Å². The molecule has 13 heavy (non-hydrogen) atoms. The number of hydrogen-bond acceptors (Lipinski definition) is 3. The lowest BCUT2D eigenvalue weighted by atomic mass is 10.1. The molecule has 1 saturated heterocycles. The summed E-state index contributed by atoms with van der Waals surface area (Å²) in [7, 11) is 0. The molecule has 5 nitrogen and oxygen atoms in total. The molecule has 1 unspecified atom stereocenters. The zero-order chi connectivity index (χ0) is 10.2. The number of carbonyl (C=O) groups is 2. The van der Waals surface area contributed by atoms with E-state index in [-0.39, 0.29) is 18.5 Å². The van der Waals surface area contributed by atoms with Gasteiger partial charge in [-0.25, -0.2) is 4.79 Å². The third-order valence-corrected chi connectivity index (χ3v) is 1.79. The standard InChI is InChI=1S/C8H15N3O2/c1-5-6(12)11(7(13)10-5)4-8(2,3)9/h5H,4,9H2,1-3H3,(H,10,13). The van der Waals surface area contributed by atoms with Crippen LogP contribution >= 0.6 is 0 Å². The number of hydrogen-bond donors (Lipinski definition) is 2. The molecule has 1 aliphatic heterocycles. The second-order valence-electron chi connectivity index (χ2n) is 4.08. The molecule has 1 fully saturated rings. The van der Waals surface area contributed by atoms with E-state index in [1.165, 1.54) is 0 Å². The molecular formula is C8H15N3O2. The van der Waals surface area contributed by atoms with Crippen molar-refractivity contribution >= 4 is 11.9 Å². The molecule has 0 spiro atoms. The van der Waals surface area contributed by atoms with Crippen molar-refractivity contribution in [3.05, 3.63) is 0 Å². The van der Waals surface area contributed by atoms with Crippen LogP contribution in [0.3, 0.4) is 0 Å². The molecule has 1 rings (SSSR count). The zero-order valence-electron chi connectivity index (χ0n) is 8.13. The summed E-state index contributed by atoms with van der Waals surface area (Å²) in [5.41, 5.74) is 5.17. The van der Waals surface area contributed by atoms with Crippen LogP contribution in [0.25, 0.3) is 0 Å². The van der Waals surface area contributed by atoms with Crippen molar-refractivity contribution in [1.82, 2.24) is 10.2 Å². The lowest BCUT2D eigenvalue weighted by molar-refractivity contribution is -0.127. The summed E-state index contributed by atoms with van der Waals surface area (Å²) < 4.78 is 0. The van der Waals surface area contributed by atoms with Crippen LogP contribution in [0.2, 0.25) is 0 Å². The van der Waals surface area contributed by atoms with Gasteiger partial charge in [0.1, 0.15) is 6.04 Å². The van der Waals surface area contributed by atoms with Crippen LogP contribution in [0.15, 0.2) is 0 Å². The Morgan fingerprint density at radius 1 is 1.54 bits per heavy atom. The Kier molecular flexibility index (Phi) is 2.30. The molecule has 0 saturated carbocycles. The molecule has 3 N–H and O–H groups in total. The van der Waals surface area contributed by atoms with Crippen LogP contribution in [-0.2, 0) is 4.79 Å². The van der Waals surface area contributed by atoms with Crippen LogP contribution in [0.1, 0.15) is 20.8 Å². The van der Waals surface area contributed by atoms with Gasteiger partial charge in [0.25, 0.3) is 5.91 Å². The van der Waals surface area contributed by atoms with Gasteiger partial charge in [-0.2, -0.15) is 0 Å². The van der Waals surface area contributed by atoms with Crippen molar-refractivity contribution in [1.29, 1.82) is 0 Å². The van der Waals surface area contributed by atoms with Gasteiger partial charge in [0, 0.05) is 12.1 Å². The van der Waals surface area contributed by atoms with Gasteiger partial charge >= 0.3 is 6.03 Å². The molecule has 5 heteroatoms. The van der Waals surface area contributed by atoms with Crippen LogP contribution in [0.5, 0.6) is 0 Å². The van der Waals surface area contributed by atoms with E-state index < -0.39 is 11.6 Å². The van der Waals surface area contributed by atoms with E-state index in [2.05, 4.69) is 5.32 Å². The van der Waals surface area contributed by atoms with Crippen molar-refractivity contribution in [3.63, 3.8) is 0 Å². The first kappa shape index (κ1) is 9.98. The largest absolute Gasteiger partial charge is 0.326 e. The maximum atomic E-state index is 11.4. The van der Waals surface area contributed by atoms with E-state index in [0.29, 0.717) is 0 Å². The van der Waals surface area contributed by atoms with Gasteiger partial charge in [0.2, 0.25) is 0 Å². The Hall–Kier alpha value is -1.10. The van der Waals surface area contributed by atoms with E-state index >= 15 is 0 Å². The lowest BCUT2D eigenvalue weighted by Gasteiger charge is -2.23. The Balaban J connectivity index is 2.70. The number of urea groups is 1. The van der Waals surface area contributed by atoms with Crippen molar-refractivity contribution < 1.29 is 9.59 Å². The third kappa shape index (κ3) is 2.18. The monoisotopic (exact) mass is 185 g/mol. The summed E-state index contributed by atoms with van der Waals surface area (Å²) in [6.45, 7) is 5.46. The highest BCUT2D eigenvalue weighted by atomic mass is 16.2. The minimum Gasteiger partial charge on any atom is -0.326 e.